The zero-order valence-electron chi connectivity index (χ0n) is 22.7. The summed E-state index contributed by atoms with van der Waals surface area (Å²) in [5.41, 5.74) is 0.165. The van der Waals surface area contributed by atoms with Crippen LogP contribution in [0.3, 0.4) is 0 Å². The number of ether oxygens (including phenoxy) is 3. The number of carbonyl (C=O) groups is 1. The first kappa shape index (κ1) is 28.4. The predicted octanol–water partition coefficient (Wildman–Crippen LogP) is 5.09. The molecule has 0 spiro atoms. The quantitative estimate of drug-likeness (QED) is 0.359. The zero-order chi connectivity index (χ0) is 28.0. The molecule has 0 radical (unpaired) electrons. The second-order valence-corrected chi connectivity index (χ2v) is 10.9. The maximum absolute atomic E-state index is 13.5. The van der Waals surface area contributed by atoms with Crippen molar-refractivity contribution in [2.75, 3.05) is 59.5 Å². The smallest absolute Gasteiger partial charge is 0.225 e. The Bertz CT molecular complexity index is 1290. The van der Waals surface area contributed by atoms with E-state index < -0.39 is 5.60 Å². The number of piperazine rings is 1. The van der Waals surface area contributed by atoms with Crippen molar-refractivity contribution in [2.24, 2.45) is 0 Å². The van der Waals surface area contributed by atoms with Gasteiger partial charge in [-0.25, -0.2) is 4.39 Å². The Morgan fingerprint density at radius 3 is 2.52 bits per heavy atom. The first-order valence-corrected chi connectivity index (χ1v) is 14.0. The van der Waals surface area contributed by atoms with Crippen molar-refractivity contribution in [3.63, 3.8) is 0 Å². The van der Waals surface area contributed by atoms with Crippen LogP contribution in [-0.4, -0.2) is 85.7 Å². The lowest BCUT2D eigenvalue weighted by Crippen LogP contribution is -2.58. The van der Waals surface area contributed by atoms with Crippen molar-refractivity contribution in [1.29, 1.82) is 0 Å². The standard InChI is InChI=1S/C31H35ClFN3O4/c1-34-13-15-36(16-14-34)30(37)20-31(23-38-27-11-9-26(33)10-12-27)22-35(17-18-39-31)21-24-5-2-3-8-29(24)40-28-7-4-6-25(32)19-28/h2-12,19H,13-18,20-23H2,1H3/t31-/m0/s1. The second kappa shape index (κ2) is 13.0. The van der Waals surface area contributed by atoms with Crippen LogP contribution in [0, 0.1) is 5.82 Å². The first-order chi connectivity index (χ1) is 19.4. The van der Waals surface area contributed by atoms with E-state index in [-0.39, 0.29) is 24.8 Å². The highest BCUT2D eigenvalue weighted by Crippen LogP contribution is 2.31. The van der Waals surface area contributed by atoms with Crippen molar-refractivity contribution in [3.05, 3.63) is 89.2 Å². The summed E-state index contributed by atoms with van der Waals surface area (Å²) in [5.74, 6) is 1.68. The molecule has 5 rings (SSSR count). The Morgan fingerprint density at radius 1 is 0.975 bits per heavy atom. The number of carbonyl (C=O) groups excluding carboxylic acids is 1. The Hall–Kier alpha value is -3.17. The molecule has 0 aliphatic carbocycles. The van der Waals surface area contributed by atoms with Gasteiger partial charge in [0.25, 0.3) is 0 Å². The van der Waals surface area contributed by atoms with Gasteiger partial charge in [-0.05, 0) is 55.6 Å². The Morgan fingerprint density at radius 2 is 1.75 bits per heavy atom. The van der Waals surface area contributed by atoms with Crippen LogP contribution in [0.15, 0.2) is 72.8 Å². The second-order valence-electron chi connectivity index (χ2n) is 10.5. The fourth-order valence-electron chi connectivity index (χ4n) is 5.13. The highest BCUT2D eigenvalue weighted by molar-refractivity contribution is 6.30. The number of hydrogen-bond donors (Lipinski definition) is 0. The third-order valence-electron chi connectivity index (χ3n) is 7.36. The van der Waals surface area contributed by atoms with E-state index in [0.717, 1.165) is 24.4 Å². The molecule has 2 aliphatic heterocycles. The fraction of sp³-hybridized carbons (Fsp3) is 0.387. The first-order valence-electron chi connectivity index (χ1n) is 13.6. The number of likely N-dealkylation sites (N-methyl/N-ethyl adjacent to an activating group) is 1. The normalized spacial score (nSPS) is 20.3. The van der Waals surface area contributed by atoms with E-state index in [9.17, 15) is 9.18 Å². The largest absolute Gasteiger partial charge is 0.491 e. The number of rotatable bonds is 9. The molecule has 1 atom stereocenters. The molecule has 2 saturated heterocycles. The summed E-state index contributed by atoms with van der Waals surface area (Å²) in [6.07, 6.45) is 0.203. The van der Waals surface area contributed by atoms with Gasteiger partial charge >= 0.3 is 0 Å². The van der Waals surface area contributed by atoms with E-state index in [2.05, 4.69) is 16.8 Å². The Labute approximate surface area is 240 Å². The van der Waals surface area contributed by atoms with E-state index in [1.807, 2.05) is 47.4 Å². The molecular weight excluding hydrogens is 533 g/mol. The van der Waals surface area contributed by atoms with Crippen LogP contribution in [0.4, 0.5) is 4.39 Å². The van der Waals surface area contributed by atoms with Gasteiger partial charge < -0.3 is 24.0 Å². The van der Waals surface area contributed by atoms with E-state index >= 15 is 0 Å². The summed E-state index contributed by atoms with van der Waals surface area (Å²) in [6, 6.07) is 21.2. The summed E-state index contributed by atoms with van der Waals surface area (Å²) in [6.45, 7) is 5.54. The molecular formula is C31H35ClFN3O4. The van der Waals surface area contributed by atoms with Gasteiger partial charge in [-0.2, -0.15) is 0 Å². The van der Waals surface area contributed by atoms with E-state index in [1.165, 1.54) is 12.1 Å². The van der Waals surface area contributed by atoms with Gasteiger partial charge in [0, 0.05) is 56.4 Å². The number of nitrogens with zero attached hydrogens (tertiary/aromatic N) is 3. The minimum Gasteiger partial charge on any atom is -0.491 e. The molecule has 40 heavy (non-hydrogen) atoms. The number of benzene rings is 3. The zero-order valence-corrected chi connectivity index (χ0v) is 23.5. The summed E-state index contributed by atoms with van der Waals surface area (Å²) >= 11 is 6.16. The van der Waals surface area contributed by atoms with Crippen LogP contribution in [0.5, 0.6) is 17.2 Å². The van der Waals surface area contributed by atoms with Gasteiger partial charge in [-0.3, -0.25) is 9.69 Å². The maximum atomic E-state index is 13.5. The molecule has 3 aromatic carbocycles. The van der Waals surface area contributed by atoms with E-state index in [0.29, 0.717) is 55.9 Å². The summed E-state index contributed by atoms with van der Waals surface area (Å²) in [5, 5.41) is 0.610. The van der Waals surface area contributed by atoms with Crippen molar-refractivity contribution in [2.45, 2.75) is 18.6 Å². The number of hydrogen-bond acceptors (Lipinski definition) is 6. The van der Waals surface area contributed by atoms with Crippen molar-refractivity contribution in [1.82, 2.24) is 14.7 Å². The van der Waals surface area contributed by atoms with Crippen molar-refractivity contribution >= 4 is 17.5 Å². The summed E-state index contributed by atoms with van der Waals surface area (Å²) in [7, 11) is 2.07. The highest BCUT2D eigenvalue weighted by atomic mass is 35.5. The average Bonchev–Trinajstić information content (AvgIpc) is 2.94. The number of para-hydroxylation sites is 1. The molecule has 1 amide bonds. The minimum atomic E-state index is -0.851. The third kappa shape index (κ3) is 7.52. The SMILES string of the molecule is CN1CCN(C(=O)C[C@@]2(COc3ccc(F)cc3)CN(Cc3ccccc3Oc3cccc(Cl)c3)CCO2)CC1. The molecule has 9 heteroatoms. The van der Waals surface area contributed by atoms with Crippen molar-refractivity contribution < 1.29 is 23.4 Å². The predicted molar refractivity (Wildman–Crippen MR) is 153 cm³/mol. The minimum absolute atomic E-state index is 0.0577. The monoisotopic (exact) mass is 567 g/mol. The molecule has 2 fully saturated rings. The van der Waals surface area contributed by atoms with Crippen LogP contribution >= 0.6 is 11.6 Å². The van der Waals surface area contributed by atoms with Crippen molar-refractivity contribution in [3.8, 4) is 17.2 Å². The average molecular weight is 568 g/mol. The van der Waals surface area contributed by atoms with Gasteiger partial charge in [0.05, 0.1) is 13.0 Å². The summed E-state index contributed by atoms with van der Waals surface area (Å²) < 4.78 is 32.1. The Kier molecular flexibility index (Phi) is 9.22. The lowest BCUT2D eigenvalue weighted by atomic mass is 9.96. The summed E-state index contributed by atoms with van der Waals surface area (Å²) in [4.78, 5) is 19.9. The molecule has 2 aliphatic rings. The topological polar surface area (TPSA) is 54.5 Å². The molecule has 0 N–H and O–H groups in total. The molecule has 2 heterocycles. The number of amides is 1. The number of halogens is 2. The van der Waals surface area contributed by atoms with Gasteiger partial charge in [0.1, 0.15) is 35.3 Å². The lowest BCUT2D eigenvalue weighted by molar-refractivity contribution is -0.158. The van der Waals surface area contributed by atoms with Crippen LogP contribution in [-0.2, 0) is 16.1 Å². The van der Waals surface area contributed by atoms with Crippen LogP contribution < -0.4 is 9.47 Å². The van der Waals surface area contributed by atoms with Gasteiger partial charge in [-0.1, -0.05) is 35.9 Å². The van der Waals surface area contributed by atoms with Gasteiger partial charge in [-0.15, -0.1) is 0 Å². The van der Waals surface area contributed by atoms with E-state index in [1.54, 1.807) is 18.2 Å². The maximum Gasteiger partial charge on any atom is 0.225 e. The van der Waals surface area contributed by atoms with E-state index in [4.69, 9.17) is 25.8 Å². The molecule has 212 valence electrons. The van der Waals surface area contributed by atoms with Crippen LogP contribution in [0.1, 0.15) is 12.0 Å². The highest BCUT2D eigenvalue weighted by Gasteiger charge is 2.41. The number of morpholine rings is 1. The fourth-order valence-corrected chi connectivity index (χ4v) is 5.31. The van der Waals surface area contributed by atoms with Gasteiger partial charge in [0.2, 0.25) is 5.91 Å². The molecule has 0 saturated carbocycles. The molecule has 3 aromatic rings. The molecule has 7 nitrogen and oxygen atoms in total. The molecule has 0 bridgehead atoms. The van der Waals surface area contributed by atoms with Crippen LogP contribution in [0.2, 0.25) is 5.02 Å². The molecule has 0 aromatic heterocycles. The lowest BCUT2D eigenvalue weighted by Gasteiger charge is -2.43. The Balaban J connectivity index is 1.32. The molecule has 0 unspecified atom stereocenters. The van der Waals surface area contributed by atoms with Gasteiger partial charge in [0.15, 0.2) is 0 Å². The van der Waals surface area contributed by atoms with Crippen LogP contribution in [0.25, 0.3) is 0 Å². The third-order valence-corrected chi connectivity index (χ3v) is 7.60.